The SMILES string of the molecule is COc1cc(OC2CCN(C(C)=O)CC2C)ccc1C(=O)N1CCC(N2C(=O)OCc3ccccc32)CC1. The summed E-state index contributed by atoms with van der Waals surface area (Å²) in [5, 5.41) is 0. The van der Waals surface area contributed by atoms with E-state index >= 15 is 0 Å². The smallest absolute Gasteiger partial charge is 0.414 e. The molecule has 2 fully saturated rings. The van der Waals surface area contributed by atoms with E-state index < -0.39 is 0 Å². The Bertz CT molecular complexity index is 1210. The Kier molecular flexibility index (Phi) is 7.44. The highest BCUT2D eigenvalue weighted by molar-refractivity contribution is 5.97. The summed E-state index contributed by atoms with van der Waals surface area (Å²) in [6, 6.07) is 13.1. The second-order valence-corrected chi connectivity index (χ2v) is 10.3. The van der Waals surface area contributed by atoms with Gasteiger partial charge in [-0.25, -0.2) is 4.79 Å². The summed E-state index contributed by atoms with van der Waals surface area (Å²) in [5.74, 6) is 1.30. The van der Waals surface area contributed by atoms with Gasteiger partial charge < -0.3 is 24.0 Å². The molecule has 202 valence electrons. The Balaban J connectivity index is 1.22. The Hall–Kier alpha value is -3.75. The van der Waals surface area contributed by atoms with Crippen LogP contribution >= 0.6 is 0 Å². The minimum absolute atomic E-state index is 0.0116. The third kappa shape index (κ3) is 5.14. The lowest BCUT2D eigenvalue weighted by Gasteiger charge is -2.40. The number of ether oxygens (including phenoxy) is 3. The van der Waals surface area contributed by atoms with Crippen LogP contribution in [0, 0.1) is 5.92 Å². The minimum atomic E-state index is -0.327. The van der Waals surface area contributed by atoms with Crippen LogP contribution in [0.1, 0.15) is 49.0 Å². The number of likely N-dealkylation sites (tertiary alicyclic amines) is 2. The summed E-state index contributed by atoms with van der Waals surface area (Å²) in [6.07, 6.45) is 1.74. The zero-order valence-electron chi connectivity index (χ0n) is 22.2. The molecule has 3 amide bonds. The van der Waals surface area contributed by atoms with E-state index in [1.165, 1.54) is 0 Å². The van der Waals surface area contributed by atoms with Gasteiger partial charge in [0.25, 0.3) is 5.91 Å². The highest BCUT2D eigenvalue weighted by Gasteiger charge is 2.35. The van der Waals surface area contributed by atoms with Crippen LogP contribution in [0.2, 0.25) is 0 Å². The van der Waals surface area contributed by atoms with Gasteiger partial charge in [-0.15, -0.1) is 0 Å². The van der Waals surface area contributed by atoms with Crippen LogP contribution in [-0.2, 0) is 16.1 Å². The van der Waals surface area contributed by atoms with Gasteiger partial charge >= 0.3 is 6.09 Å². The van der Waals surface area contributed by atoms with Gasteiger partial charge in [-0.05, 0) is 31.0 Å². The van der Waals surface area contributed by atoms with Crippen molar-refractivity contribution in [2.24, 2.45) is 5.92 Å². The van der Waals surface area contributed by atoms with Crippen LogP contribution in [0.4, 0.5) is 10.5 Å². The molecule has 9 nitrogen and oxygen atoms in total. The van der Waals surface area contributed by atoms with Crippen molar-refractivity contribution in [1.29, 1.82) is 0 Å². The summed E-state index contributed by atoms with van der Waals surface area (Å²) in [7, 11) is 1.55. The minimum Gasteiger partial charge on any atom is -0.496 e. The van der Waals surface area contributed by atoms with Crippen LogP contribution < -0.4 is 14.4 Å². The van der Waals surface area contributed by atoms with E-state index in [-0.39, 0.29) is 36.0 Å². The Morgan fingerprint density at radius 2 is 1.74 bits per heavy atom. The van der Waals surface area contributed by atoms with Crippen molar-refractivity contribution in [2.75, 3.05) is 38.2 Å². The summed E-state index contributed by atoms with van der Waals surface area (Å²) >= 11 is 0. The number of rotatable bonds is 5. The normalized spacial score (nSPS) is 22.0. The standard InChI is InChI=1S/C29H35N3O6/c1-19-17-31(20(2)33)15-12-26(19)38-23-8-9-24(27(16-23)36-3)28(34)30-13-10-22(11-14-30)32-25-7-5-4-6-21(25)18-37-29(32)35/h4-9,16,19,22,26H,10-15,17-18H2,1-3H3. The third-order valence-corrected chi connectivity index (χ3v) is 7.88. The van der Waals surface area contributed by atoms with Gasteiger partial charge in [-0.2, -0.15) is 0 Å². The van der Waals surface area contributed by atoms with Crippen molar-refractivity contribution in [3.05, 3.63) is 53.6 Å². The molecular formula is C29H35N3O6. The second kappa shape index (κ2) is 10.9. The van der Waals surface area contributed by atoms with Crippen LogP contribution in [0.3, 0.4) is 0 Å². The predicted octanol–water partition coefficient (Wildman–Crippen LogP) is 4.09. The highest BCUT2D eigenvalue weighted by Crippen LogP contribution is 2.33. The van der Waals surface area contributed by atoms with E-state index in [0.29, 0.717) is 62.7 Å². The number of carbonyl (C=O) groups excluding carboxylic acids is 3. The molecule has 0 N–H and O–H groups in total. The molecule has 2 aromatic carbocycles. The molecular weight excluding hydrogens is 486 g/mol. The monoisotopic (exact) mass is 521 g/mol. The van der Waals surface area contributed by atoms with Crippen molar-refractivity contribution in [3.8, 4) is 11.5 Å². The first kappa shape index (κ1) is 25.9. The molecule has 3 heterocycles. The third-order valence-electron chi connectivity index (χ3n) is 7.88. The molecule has 5 rings (SSSR count). The Labute approximate surface area is 223 Å². The number of nitrogens with zero attached hydrogens (tertiary/aromatic N) is 3. The lowest BCUT2D eigenvalue weighted by Crippen LogP contribution is -2.50. The number of cyclic esters (lactones) is 1. The van der Waals surface area contributed by atoms with E-state index in [1.807, 2.05) is 40.1 Å². The quantitative estimate of drug-likeness (QED) is 0.589. The van der Waals surface area contributed by atoms with Crippen LogP contribution in [-0.4, -0.2) is 73.1 Å². The average molecular weight is 522 g/mol. The number of piperidine rings is 2. The van der Waals surface area contributed by atoms with E-state index in [1.54, 1.807) is 31.1 Å². The lowest BCUT2D eigenvalue weighted by atomic mass is 9.96. The molecule has 3 aliphatic rings. The number of fused-ring (bicyclic) bond motifs is 1. The molecule has 2 aromatic rings. The first-order chi connectivity index (χ1) is 18.4. The second-order valence-electron chi connectivity index (χ2n) is 10.3. The van der Waals surface area contributed by atoms with Crippen LogP contribution in [0.25, 0.3) is 0 Å². The summed E-state index contributed by atoms with van der Waals surface area (Å²) < 4.78 is 17.2. The molecule has 38 heavy (non-hydrogen) atoms. The maximum Gasteiger partial charge on any atom is 0.414 e. The van der Waals surface area contributed by atoms with Gasteiger partial charge in [0, 0.05) is 63.1 Å². The Morgan fingerprint density at radius 1 is 1.00 bits per heavy atom. The molecule has 0 aliphatic carbocycles. The van der Waals surface area contributed by atoms with Crippen LogP contribution in [0.15, 0.2) is 42.5 Å². The van der Waals surface area contributed by atoms with Crippen molar-refractivity contribution in [2.45, 2.75) is 51.9 Å². The van der Waals surface area contributed by atoms with Crippen molar-refractivity contribution >= 4 is 23.6 Å². The fraction of sp³-hybridized carbons (Fsp3) is 0.483. The number of hydrogen-bond acceptors (Lipinski definition) is 6. The number of carbonyl (C=O) groups is 3. The number of benzene rings is 2. The largest absolute Gasteiger partial charge is 0.496 e. The fourth-order valence-electron chi connectivity index (χ4n) is 5.70. The molecule has 2 atom stereocenters. The number of hydrogen-bond donors (Lipinski definition) is 0. The maximum atomic E-state index is 13.4. The van der Waals surface area contributed by atoms with Gasteiger partial charge in [0.2, 0.25) is 5.91 Å². The molecule has 2 unspecified atom stereocenters. The fourth-order valence-corrected chi connectivity index (χ4v) is 5.70. The number of anilines is 1. The molecule has 9 heteroatoms. The summed E-state index contributed by atoms with van der Waals surface area (Å²) in [5.41, 5.74) is 2.38. The van der Waals surface area contributed by atoms with Gasteiger partial charge in [-0.1, -0.05) is 25.1 Å². The molecule has 0 saturated carbocycles. The maximum absolute atomic E-state index is 13.4. The molecule has 0 spiro atoms. The van der Waals surface area contributed by atoms with Crippen molar-refractivity contribution in [3.63, 3.8) is 0 Å². The van der Waals surface area contributed by atoms with E-state index in [4.69, 9.17) is 14.2 Å². The van der Waals surface area contributed by atoms with Gasteiger partial charge in [-0.3, -0.25) is 14.5 Å². The molecule has 0 radical (unpaired) electrons. The van der Waals surface area contributed by atoms with E-state index in [0.717, 1.165) is 17.7 Å². The molecule has 0 bridgehead atoms. The van der Waals surface area contributed by atoms with Gasteiger partial charge in [0.05, 0.1) is 18.4 Å². The first-order valence-electron chi connectivity index (χ1n) is 13.3. The topological polar surface area (TPSA) is 88.6 Å². The van der Waals surface area contributed by atoms with Gasteiger partial charge in [0.15, 0.2) is 0 Å². The number of amides is 3. The zero-order valence-corrected chi connectivity index (χ0v) is 22.2. The predicted molar refractivity (Wildman–Crippen MR) is 141 cm³/mol. The molecule has 0 aromatic heterocycles. The molecule has 3 aliphatic heterocycles. The van der Waals surface area contributed by atoms with Crippen molar-refractivity contribution < 1.29 is 28.6 Å². The highest BCUT2D eigenvalue weighted by atomic mass is 16.6. The summed E-state index contributed by atoms with van der Waals surface area (Å²) in [4.78, 5) is 43.1. The number of methoxy groups -OCH3 is 1. The van der Waals surface area contributed by atoms with Crippen LogP contribution in [0.5, 0.6) is 11.5 Å². The van der Waals surface area contributed by atoms with E-state index in [2.05, 4.69) is 6.92 Å². The van der Waals surface area contributed by atoms with E-state index in [9.17, 15) is 14.4 Å². The Morgan fingerprint density at radius 3 is 2.45 bits per heavy atom. The zero-order chi connectivity index (χ0) is 26.8. The number of para-hydroxylation sites is 1. The summed E-state index contributed by atoms with van der Waals surface area (Å²) in [6.45, 7) is 6.38. The van der Waals surface area contributed by atoms with Gasteiger partial charge in [0.1, 0.15) is 24.2 Å². The average Bonchev–Trinajstić information content (AvgIpc) is 2.93. The van der Waals surface area contributed by atoms with Crippen molar-refractivity contribution in [1.82, 2.24) is 9.80 Å². The molecule has 2 saturated heterocycles. The first-order valence-corrected chi connectivity index (χ1v) is 13.3. The lowest BCUT2D eigenvalue weighted by molar-refractivity contribution is -0.131.